The highest BCUT2D eigenvalue weighted by Gasteiger charge is 2.15. The molecule has 0 saturated heterocycles. The van der Waals surface area contributed by atoms with Crippen LogP contribution in [-0.4, -0.2) is 25.1 Å². The van der Waals surface area contributed by atoms with Crippen molar-refractivity contribution in [3.63, 3.8) is 0 Å². The van der Waals surface area contributed by atoms with Crippen LogP contribution in [0, 0.1) is 6.92 Å². The highest BCUT2D eigenvalue weighted by atomic mass is 32.1. The fourth-order valence-electron chi connectivity index (χ4n) is 3.39. The number of hydrogen-bond acceptors (Lipinski definition) is 5. The molecular weight excluding hydrogens is 398 g/mol. The highest BCUT2D eigenvalue weighted by Crippen LogP contribution is 2.28. The number of imidazole rings is 1. The number of hydrogen-bond donors (Lipinski definition) is 1. The first-order valence-corrected chi connectivity index (χ1v) is 10.3. The van der Waals surface area contributed by atoms with Crippen molar-refractivity contribution in [2.45, 2.75) is 13.5 Å². The van der Waals surface area contributed by atoms with Gasteiger partial charge in [-0.25, -0.2) is 4.98 Å². The van der Waals surface area contributed by atoms with E-state index in [2.05, 4.69) is 15.4 Å². The Morgan fingerprint density at radius 2 is 2.10 bits per heavy atom. The maximum atomic E-state index is 12.7. The minimum absolute atomic E-state index is 0.145. The summed E-state index contributed by atoms with van der Waals surface area (Å²) >= 11 is 1.43. The molecule has 0 bridgehead atoms. The van der Waals surface area contributed by atoms with Gasteiger partial charge in [-0.05, 0) is 37.3 Å². The van der Waals surface area contributed by atoms with E-state index in [4.69, 9.17) is 4.74 Å². The van der Waals surface area contributed by atoms with Crippen molar-refractivity contribution < 1.29 is 9.53 Å². The van der Waals surface area contributed by atoms with E-state index in [-0.39, 0.29) is 5.91 Å². The van der Waals surface area contributed by atoms with Crippen molar-refractivity contribution in [2.75, 3.05) is 5.32 Å². The van der Waals surface area contributed by atoms with E-state index in [9.17, 15) is 4.79 Å². The third-order valence-corrected chi connectivity index (χ3v) is 6.01. The number of benzene rings is 1. The monoisotopic (exact) mass is 417 g/mol. The second-order valence-electron chi connectivity index (χ2n) is 7.01. The van der Waals surface area contributed by atoms with Gasteiger partial charge < -0.3 is 14.5 Å². The SMILES string of the molecule is Cc1nn(C)c2sc(C(=O)Nc3cccc(OCc4cn5ccccc5n4)c3)cc12. The Hall–Kier alpha value is -3.65. The molecule has 1 amide bonds. The van der Waals surface area contributed by atoms with Crippen LogP contribution in [-0.2, 0) is 13.7 Å². The van der Waals surface area contributed by atoms with Gasteiger partial charge >= 0.3 is 0 Å². The lowest BCUT2D eigenvalue weighted by atomic mass is 10.2. The zero-order valence-corrected chi connectivity index (χ0v) is 17.3. The van der Waals surface area contributed by atoms with E-state index >= 15 is 0 Å². The predicted octanol–water partition coefficient (Wildman–Crippen LogP) is 4.42. The van der Waals surface area contributed by atoms with Crippen molar-refractivity contribution in [3.8, 4) is 5.75 Å². The summed E-state index contributed by atoms with van der Waals surface area (Å²) < 4.78 is 9.64. The number of nitrogens with one attached hydrogen (secondary N) is 1. The molecule has 8 heteroatoms. The van der Waals surface area contributed by atoms with Gasteiger partial charge in [0.15, 0.2) is 0 Å². The first-order valence-electron chi connectivity index (χ1n) is 9.47. The molecule has 30 heavy (non-hydrogen) atoms. The zero-order chi connectivity index (χ0) is 20.7. The third kappa shape index (κ3) is 3.42. The highest BCUT2D eigenvalue weighted by molar-refractivity contribution is 7.20. The van der Waals surface area contributed by atoms with Crippen molar-refractivity contribution in [3.05, 3.63) is 77.2 Å². The maximum absolute atomic E-state index is 12.7. The summed E-state index contributed by atoms with van der Waals surface area (Å²) in [6.45, 7) is 2.29. The van der Waals surface area contributed by atoms with Gasteiger partial charge in [0.1, 0.15) is 22.8 Å². The molecular formula is C22H19N5O2S. The molecule has 4 aromatic heterocycles. The number of carbonyl (C=O) groups is 1. The Kier molecular flexibility index (Phi) is 4.48. The second-order valence-corrected chi connectivity index (χ2v) is 8.04. The van der Waals surface area contributed by atoms with E-state index < -0.39 is 0 Å². The van der Waals surface area contributed by atoms with Crippen molar-refractivity contribution in [2.24, 2.45) is 7.05 Å². The van der Waals surface area contributed by atoms with E-state index in [1.165, 1.54) is 11.3 Å². The molecule has 0 spiro atoms. The Bertz CT molecular complexity index is 1310. The number of fused-ring (bicyclic) bond motifs is 2. The number of carbonyl (C=O) groups excluding carboxylic acids is 1. The quantitative estimate of drug-likeness (QED) is 0.459. The van der Waals surface area contributed by atoms with Crippen LogP contribution in [0.3, 0.4) is 0 Å². The fourth-order valence-corrected chi connectivity index (χ4v) is 4.41. The zero-order valence-electron chi connectivity index (χ0n) is 16.5. The minimum Gasteiger partial charge on any atom is -0.487 e. The summed E-state index contributed by atoms with van der Waals surface area (Å²) in [7, 11) is 1.89. The molecule has 0 atom stereocenters. The Morgan fingerprint density at radius 3 is 2.93 bits per heavy atom. The van der Waals surface area contributed by atoms with Crippen LogP contribution in [0.4, 0.5) is 5.69 Å². The number of anilines is 1. The Morgan fingerprint density at radius 1 is 1.20 bits per heavy atom. The number of thiophene rings is 1. The van der Waals surface area contributed by atoms with Gasteiger partial charge in [0.25, 0.3) is 5.91 Å². The minimum atomic E-state index is -0.145. The molecule has 0 unspecified atom stereocenters. The number of ether oxygens (including phenoxy) is 1. The lowest BCUT2D eigenvalue weighted by Gasteiger charge is -2.08. The molecule has 5 aromatic rings. The number of aromatic nitrogens is 4. The van der Waals surface area contributed by atoms with Crippen LogP contribution in [0.15, 0.2) is 60.9 Å². The number of nitrogens with zero attached hydrogens (tertiary/aromatic N) is 4. The third-order valence-electron chi connectivity index (χ3n) is 4.81. The molecule has 150 valence electrons. The summed E-state index contributed by atoms with van der Waals surface area (Å²) in [5.74, 6) is 0.523. The molecule has 4 heterocycles. The first kappa shape index (κ1) is 18.4. The lowest BCUT2D eigenvalue weighted by molar-refractivity contribution is 0.103. The van der Waals surface area contributed by atoms with Crippen molar-refractivity contribution >= 4 is 38.8 Å². The average Bonchev–Trinajstić information content (AvgIpc) is 3.42. The van der Waals surface area contributed by atoms with Crippen LogP contribution in [0.2, 0.25) is 0 Å². The molecule has 0 radical (unpaired) electrons. The maximum Gasteiger partial charge on any atom is 0.265 e. The second kappa shape index (κ2) is 7.31. The van der Waals surface area contributed by atoms with Gasteiger partial charge in [0.05, 0.1) is 16.3 Å². The first-order chi connectivity index (χ1) is 14.6. The van der Waals surface area contributed by atoms with E-state index in [1.54, 1.807) is 4.68 Å². The van der Waals surface area contributed by atoms with Crippen LogP contribution in [0.1, 0.15) is 21.1 Å². The molecule has 0 aliphatic carbocycles. The largest absolute Gasteiger partial charge is 0.487 e. The average molecular weight is 417 g/mol. The van der Waals surface area contributed by atoms with E-state index in [0.717, 1.165) is 27.3 Å². The Balaban J connectivity index is 1.29. The van der Waals surface area contributed by atoms with Crippen LogP contribution in [0.25, 0.3) is 15.9 Å². The Labute approximate surface area is 176 Å². The number of amides is 1. The summed E-state index contributed by atoms with van der Waals surface area (Å²) in [5, 5.41) is 8.34. The van der Waals surface area contributed by atoms with Crippen molar-refractivity contribution in [1.82, 2.24) is 19.2 Å². The molecule has 1 aromatic carbocycles. The molecule has 7 nitrogen and oxygen atoms in total. The van der Waals surface area contributed by atoms with E-state index in [0.29, 0.717) is 22.9 Å². The van der Waals surface area contributed by atoms with Gasteiger partial charge in [-0.15, -0.1) is 11.3 Å². The summed E-state index contributed by atoms with van der Waals surface area (Å²) in [6, 6.07) is 15.1. The van der Waals surface area contributed by atoms with E-state index in [1.807, 2.05) is 79.3 Å². The van der Waals surface area contributed by atoms with Gasteiger partial charge in [0, 0.05) is 36.6 Å². The molecule has 1 N–H and O–H groups in total. The molecule has 0 fully saturated rings. The van der Waals surface area contributed by atoms with Gasteiger partial charge in [-0.1, -0.05) is 12.1 Å². The summed E-state index contributed by atoms with van der Waals surface area (Å²) in [4.78, 5) is 18.9. The predicted molar refractivity (Wildman–Crippen MR) is 117 cm³/mol. The number of pyridine rings is 1. The molecule has 0 aliphatic heterocycles. The van der Waals surface area contributed by atoms with Crippen molar-refractivity contribution in [1.29, 1.82) is 0 Å². The standard InChI is InChI=1S/C22H19N5O2S/c1-14-18-11-19(30-22(18)26(2)25-14)21(28)24-15-6-5-7-17(10-15)29-13-16-12-27-9-4-3-8-20(27)23-16/h3-12H,13H2,1-2H3,(H,24,28). The van der Waals surface area contributed by atoms with Crippen LogP contribution in [0.5, 0.6) is 5.75 Å². The van der Waals surface area contributed by atoms with Gasteiger partial charge in [-0.3, -0.25) is 9.48 Å². The number of aryl methyl sites for hydroxylation is 2. The topological polar surface area (TPSA) is 73.5 Å². The smallest absolute Gasteiger partial charge is 0.265 e. The van der Waals surface area contributed by atoms with Crippen LogP contribution >= 0.6 is 11.3 Å². The summed E-state index contributed by atoms with van der Waals surface area (Å²) in [5.41, 5.74) is 3.32. The van der Waals surface area contributed by atoms with Crippen LogP contribution < -0.4 is 10.1 Å². The molecule has 0 saturated carbocycles. The van der Waals surface area contributed by atoms with Gasteiger partial charge in [-0.2, -0.15) is 5.10 Å². The number of rotatable bonds is 5. The van der Waals surface area contributed by atoms with Gasteiger partial charge in [0.2, 0.25) is 0 Å². The lowest BCUT2D eigenvalue weighted by Crippen LogP contribution is -2.10. The molecule has 5 rings (SSSR count). The fraction of sp³-hybridized carbons (Fsp3) is 0.136. The molecule has 0 aliphatic rings. The normalized spacial score (nSPS) is 11.3. The summed E-state index contributed by atoms with van der Waals surface area (Å²) in [6.07, 6.45) is 3.90.